The van der Waals surface area contributed by atoms with E-state index in [9.17, 15) is 4.79 Å². The van der Waals surface area contributed by atoms with Crippen LogP contribution in [0.4, 0.5) is 5.69 Å². The van der Waals surface area contributed by atoms with Gasteiger partial charge in [-0.3, -0.25) is 9.36 Å². The predicted molar refractivity (Wildman–Crippen MR) is 145 cm³/mol. The number of aryl methyl sites for hydroxylation is 2. The first-order valence-corrected chi connectivity index (χ1v) is 12.7. The summed E-state index contributed by atoms with van der Waals surface area (Å²) >= 11 is 1.54. The number of para-hydroxylation sites is 2. The van der Waals surface area contributed by atoms with E-state index in [1.54, 1.807) is 25.1 Å². The Morgan fingerprint density at radius 2 is 1.78 bits per heavy atom. The number of amides is 1. The number of aromatic nitrogens is 3. The molecular weight excluding hydrogens is 484 g/mol. The van der Waals surface area contributed by atoms with Gasteiger partial charge in [0.2, 0.25) is 5.82 Å². The van der Waals surface area contributed by atoms with E-state index < -0.39 is 0 Å². The van der Waals surface area contributed by atoms with Gasteiger partial charge in [0.15, 0.2) is 10.9 Å². The number of benzene rings is 3. The molecule has 2 heterocycles. The second-order valence-electron chi connectivity index (χ2n) is 8.53. The lowest BCUT2D eigenvalue weighted by Crippen LogP contribution is -2.12. The minimum atomic E-state index is -0.138. The SMILES string of the molecule is COc1ccccc1-n1c(SCc2ccc(C(=O)Nc3ccc(C)c(C)c3)cc2)nnc1-c1ccco1. The van der Waals surface area contributed by atoms with E-state index >= 15 is 0 Å². The van der Waals surface area contributed by atoms with E-state index in [0.717, 1.165) is 22.5 Å². The molecule has 0 unspecified atom stereocenters. The van der Waals surface area contributed by atoms with Gasteiger partial charge in [0.1, 0.15) is 5.75 Å². The van der Waals surface area contributed by atoms with Crippen molar-refractivity contribution in [2.75, 3.05) is 12.4 Å². The summed E-state index contributed by atoms with van der Waals surface area (Å²) < 4.78 is 13.1. The van der Waals surface area contributed by atoms with Crippen LogP contribution in [0, 0.1) is 13.8 Å². The molecule has 8 heteroatoms. The van der Waals surface area contributed by atoms with Crippen LogP contribution in [0.5, 0.6) is 5.75 Å². The van der Waals surface area contributed by atoms with Crippen LogP contribution in [0.1, 0.15) is 27.0 Å². The van der Waals surface area contributed by atoms with Crippen LogP contribution in [-0.2, 0) is 5.75 Å². The Balaban J connectivity index is 1.34. The summed E-state index contributed by atoms with van der Waals surface area (Å²) in [7, 11) is 1.64. The molecule has 1 N–H and O–H groups in total. The second kappa shape index (κ2) is 10.8. The average molecular weight is 511 g/mol. The van der Waals surface area contributed by atoms with Gasteiger partial charge in [-0.15, -0.1) is 10.2 Å². The van der Waals surface area contributed by atoms with Crippen molar-refractivity contribution in [2.24, 2.45) is 0 Å². The summed E-state index contributed by atoms with van der Waals surface area (Å²) in [6.45, 7) is 4.08. The fourth-order valence-electron chi connectivity index (χ4n) is 3.88. The molecule has 0 aliphatic heterocycles. The van der Waals surface area contributed by atoms with Crippen LogP contribution in [0.25, 0.3) is 17.3 Å². The number of methoxy groups -OCH3 is 1. The Kier molecular flexibility index (Phi) is 7.09. The quantitative estimate of drug-likeness (QED) is 0.234. The van der Waals surface area contributed by atoms with Crippen LogP contribution in [0.3, 0.4) is 0 Å². The van der Waals surface area contributed by atoms with Crippen molar-refractivity contribution in [2.45, 2.75) is 24.8 Å². The van der Waals surface area contributed by atoms with Crippen molar-refractivity contribution in [3.63, 3.8) is 0 Å². The van der Waals surface area contributed by atoms with E-state index in [0.29, 0.717) is 33.8 Å². The zero-order chi connectivity index (χ0) is 25.8. The van der Waals surface area contributed by atoms with E-state index in [1.165, 1.54) is 5.56 Å². The highest BCUT2D eigenvalue weighted by Crippen LogP contribution is 2.33. The molecule has 0 bridgehead atoms. The molecule has 7 nitrogen and oxygen atoms in total. The summed E-state index contributed by atoms with van der Waals surface area (Å²) in [5.41, 5.74) is 5.60. The predicted octanol–water partition coefficient (Wildman–Crippen LogP) is 6.70. The van der Waals surface area contributed by atoms with Gasteiger partial charge in [0.05, 0.1) is 19.1 Å². The number of hydrogen-bond acceptors (Lipinski definition) is 6. The largest absolute Gasteiger partial charge is 0.495 e. The first kappa shape index (κ1) is 24.4. The number of hydrogen-bond donors (Lipinski definition) is 1. The average Bonchev–Trinajstić information content (AvgIpc) is 3.60. The molecular formula is C29H26N4O3S. The number of ether oxygens (including phenoxy) is 1. The van der Waals surface area contributed by atoms with E-state index in [2.05, 4.69) is 15.5 Å². The van der Waals surface area contributed by atoms with Crippen LogP contribution in [0.2, 0.25) is 0 Å². The fraction of sp³-hybridized carbons (Fsp3) is 0.138. The van der Waals surface area contributed by atoms with Gasteiger partial charge >= 0.3 is 0 Å². The third-order valence-electron chi connectivity index (χ3n) is 6.05. The van der Waals surface area contributed by atoms with Gasteiger partial charge < -0.3 is 14.5 Å². The Labute approximate surface area is 219 Å². The first-order chi connectivity index (χ1) is 18.0. The zero-order valence-corrected chi connectivity index (χ0v) is 21.6. The smallest absolute Gasteiger partial charge is 0.255 e. The Bertz CT molecular complexity index is 1530. The molecule has 0 fully saturated rings. The normalized spacial score (nSPS) is 10.9. The molecule has 37 heavy (non-hydrogen) atoms. The van der Waals surface area contributed by atoms with Gasteiger partial charge in [0.25, 0.3) is 5.91 Å². The molecule has 0 atom stereocenters. The summed E-state index contributed by atoms with van der Waals surface area (Å²) in [4.78, 5) is 12.7. The molecule has 0 saturated carbocycles. The number of nitrogens with one attached hydrogen (secondary N) is 1. The summed E-state index contributed by atoms with van der Waals surface area (Å²) in [5, 5.41) is 12.5. The Morgan fingerprint density at radius 3 is 2.51 bits per heavy atom. The number of furan rings is 1. The monoisotopic (exact) mass is 510 g/mol. The number of nitrogens with zero attached hydrogens (tertiary/aromatic N) is 3. The number of carbonyl (C=O) groups is 1. The Hall–Kier alpha value is -4.30. The minimum absolute atomic E-state index is 0.138. The number of rotatable bonds is 8. The maximum Gasteiger partial charge on any atom is 0.255 e. The van der Waals surface area contributed by atoms with Crippen molar-refractivity contribution >= 4 is 23.4 Å². The number of thioether (sulfide) groups is 1. The van der Waals surface area contributed by atoms with E-state index in [-0.39, 0.29) is 5.91 Å². The van der Waals surface area contributed by atoms with Gasteiger partial charge in [-0.05, 0) is 79.1 Å². The minimum Gasteiger partial charge on any atom is -0.495 e. The van der Waals surface area contributed by atoms with Crippen LogP contribution in [-0.4, -0.2) is 27.8 Å². The molecule has 0 aliphatic rings. The second-order valence-corrected chi connectivity index (χ2v) is 9.47. The van der Waals surface area contributed by atoms with Crippen LogP contribution < -0.4 is 10.1 Å². The fourth-order valence-corrected chi connectivity index (χ4v) is 4.78. The topological polar surface area (TPSA) is 82.2 Å². The van der Waals surface area contributed by atoms with Crippen molar-refractivity contribution in [1.29, 1.82) is 0 Å². The molecule has 3 aromatic carbocycles. The molecule has 1 amide bonds. The first-order valence-electron chi connectivity index (χ1n) is 11.8. The number of carbonyl (C=O) groups excluding carboxylic acids is 1. The maximum atomic E-state index is 12.7. The third kappa shape index (κ3) is 5.29. The Morgan fingerprint density at radius 1 is 0.973 bits per heavy atom. The summed E-state index contributed by atoms with van der Waals surface area (Å²) in [5.74, 6) is 2.42. The molecule has 186 valence electrons. The van der Waals surface area contributed by atoms with Crippen molar-refractivity contribution in [1.82, 2.24) is 14.8 Å². The zero-order valence-electron chi connectivity index (χ0n) is 20.8. The molecule has 5 aromatic rings. The molecule has 0 radical (unpaired) electrons. The molecule has 0 aliphatic carbocycles. The highest BCUT2D eigenvalue weighted by molar-refractivity contribution is 7.98. The maximum absolute atomic E-state index is 12.7. The molecule has 0 saturated heterocycles. The highest BCUT2D eigenvalue weighted by atomic mass is 32.2. The van der Waals surface area contributed by atoms with Crippen LogP contribution >= 0.6 is 11.8 Å². The van der Waals surface area contributed by atoms with Gasteiger partial charge in [-0.2, -0.15) is 0 Å². The summed E-state index contributed by atoms with van der Waals surface area (Å²) in [6.07, 6.45) is 1.61. The van der Waals surface area contributed by atoms with E-state index in [4.69, 9.17) is 9.15 Å². The standard InChI is InChI=1S/C29H26N4O3S/c1-19-10-15-23(17-20(19)2)30-28(34)22-13-11-21(12-14-22)18-37-29-32-31-27(26-9-6-16-36-26)33(29)24-7-4-5-8-25(24)35-3/h4-17H,18H2,1-3H3,(H,30,34). The lowest BCUT2D eigenvalue weighted by Gasteiger charge is -2.13. The molecule has 5 rings (SSSR count). The molecule has 0 spiro atoms. The van der Waals surface area contributed by atoms with Crippen molar-refractivity contribution < 1.29 is 13.9 Å². The van der Waals surface area contributed by atoms with Crippen molar-refractivity contribution in [3.05, 3.63) is 107 Å². The van der Waals surface area contributed by atoms with Gasteiger partial charge in [0, 0.05) is 17.0 Å². The third-order valence-corrected chi connectivity index (χ3v) is 7.05. The lowest BCUT2D eigenvalue weighted by molar-refractivity contribution is 0.102. The van der Waals surface area contributed by atoms with Gasteiger partial charge in [-0.1, -0.05) is 42.1 Å². The number of anilines is 1. The lowest BCUT2D eigenvalue weighted by atomic mass is 10.1. The van der Waals surface area contributed by atoms with Gasteiger partial charge in [-0.25, -0.2) is 0 Å². The van der Waals surface area contributed by atoms with E-state index in [1.807, 2.05) is 97.3 Å². The molecule has 2 aromatic heterocycles. The van der Waals surface area contributed by atoms with Crippen molar-refractivity contribution in [3.8, 4) is 23.0 Å². The summed E-state index contributed by atoms with van der Waals surface area (Å²) in [6, 6.07) is 24.9. The highest BCUT2D eigenvalue weighted by Gasteiger charge is 2.20. The van der Waals surface area contributed by atoms with Crippen LogP contribution in [0.15, 0.2) is 94.7 Å².